The number of carbonyl (C=O) groups is 2. The molecule has 0 radical (unpaired) electrons. The van der Waals surface area contributed by atoms with Crippen LogP contribution in [0.25, 0.3) is 0 Å². The van der Waals surface area contributed by atoms with E-state index in [1.807, 2.05) is 11.8 Å². The van der Waals surface area contributed by atoms with Crippen LogP contribution in [-0.2, 0) is 0 Å². The van der Waals surface area contributed by atoms with E-state index in [-0.39, 0.29) is 23.0 Å². The number of halogens is 1. The van der Waals surface area contributed by atoms with Gasteiger partial charge in [-0.05, 0) is 49.7 Å². The number of phenolic OH excluding ortho intramolecular Hbond substituents is 1. The number of rotatable bonds is 3. The molecule has 26 heavy (non-hydrogen) atoms. The zero-order chi connectivity index (χ0) is 18.8. The summed E-state index contributed by atoms with van der Waals surface area (Å²) in [6, 6.07) is 9.45. The highest BCUT2D eigenvalue weighted by atomic mass is 19.1. The Morgan fingerprint density at radius 2 is 1.73 bits per heavy atom. The molecule has 1 saturated heterocycles. The predicted octanol–water partition coefficient (Wildman–Crippen LogP) is 3.00. The smallest absolute Gasteiger partial charge is 0.257 e. The fraction of sp³-hybridized carbons (Fsp3) is 0.300. The number of nitrogens with zero attached hydrogens (tertiary/aromatic N) is 2. The third kappa shape index (κ3) is 3.54. The normalized spacial score (nSPS) is 14.4. The molecular formula is C20H21FN2O3. The zero-order valence-electron chi connectivity index (χ0n) is 14.8. The zero-order valence-corrected chi connectivity index (χ0v) is 14.8. The third-order valence-corrected chi connectivity index (χ3v) is 4.65. The SMILES string of the molecule is CC(=O)c1ccc(N2CCN(C(=O)c3ccc(C)cc3O)CC2)c(F)c1. The van der Waals surface area contributed by atoms with E-state index in [0.29, 0.717) is 37.4 Å². The molecule has 2 aromatic carbocycles. The van der Waals surface area contributed by atoms with Crippen LogP contribution in [0.4, 0.5) is 10.1 Å². The standard InChI is InChI=1S/C20H21FN2O3/c1-13-3-5-16(19(25)11-13)20(26)23-9-7-22(8-10-23)18-6-4-15(14(2)24)12-17(18)21/h3-6,11-12,25H,7-10H2,1-2H3. The number of Topliss-reactive ketones (excluding diaryl/α,β-unsaturated/α-hetero) is 1. The molecule has 1 aliphatic heterocycles. The maximum absolute atomic E-state index is 14.3. The van der Waals surface area contributed by atoms with Gasteiger partial charge in [0.05, 0.1) is 11.3 Å². The average Bonchev–Trinajstić information content (AvgIpc) is 2.61. The van der Waals surface area contributed by atoms with Gasteiger partial charge in [0.15, 0.2) is 5.78 Å². The molecular weight excluding hydrogens is 335 g/mol. The summed E-state index contributed by atoms with van der Waals surface area (Å²) in [5, 5.41) is 9.99. The molecule has 2 aromatic rings. The van der Waals surface area contributed by atoms with Gasteiger partial charge in [0.2, 0.25) is 0 Å². The molecule has 136 valence electrons. The topological polar surface area (TPSA) is 60.9 Å². The number of piperazine rings is 1. The summed E-state index contributed by atoms with van der Waals surface area (Å²) in [6.45, 7) is 5.07. The van der Waals surface area contributed by atoms with E-state index in [1.165, 1.54) is 13.0 Å². The Hall–Kier alpha value is -2.89. The van der Waals surface area contributed by atoms with Crippen molar-refractivity contribution in [3.63, 3.8) is 0 Å². The van der Waals surface area contributed by atoms with Crippen molar-refractivity contribution in [2.45, 2.75) is 13.8 Å². The van der Waals surface area contributed by atoms with Gasteiger partial charge in [0.25, 0.3) is 5.91 Å². The Labute approximate surface area is 151 Å². The molecule has 0 spiro atoms. The summed E-state index contributed by atoms with van der Waals surface area (Å²) in [7, 11) is 0. The molecule has 0 unspecified atom stereocenters. The highest BCUT2D eigenvalue weighted by molar-refractivity contribution is 5.97. The van der Waals surface area contributed by atoms with Crippen molar-refractivity contribution in [1.82, 2.24) is 4.90 Å². The van der Waals surface area contributed by atoms with Gasteiger partial charge in [-0.1, -0.05) is 6.07 Å². The second-order valence-corrected chi connectivity index (χ2v) is 6.52. The number of hydrogen-bond acceptors (Lipinski definition) is 4. The lowest BCUT2D eigenvalue weighted by atomic mass is 10.1. The highest BCUT2D eigenvalue weighted by Gasteiger charge is 2.25. The van der Waals surface area contributed by atoms with E-state index < -0.39 is 5.82 Å². The van der Waals surface area contributed by atoms with Crippen LogP contribution in [0.15, 0.2) is 36.4 Å². The van der Waals surface area contributed by atoms with Gasteiger partial charge in [0, 0.05) is 31.7 Å². The largest absolute Gasteiger partial charge is 0.507 e. The van der Waals surface area contributed by atoms with Crippen molar-refractivity contribution in [2.24, 2.45) is 0 Å². The average molecular weight is 356 g/mol. The van der Waals surface area contributed by atoms with Crippen LogP contribution in [-0.4, -0.2) is 47.9 Å². The van der Waals surface area contributed by atoms with Gasteiger partial charge < -0.3 is 14.9 Å². The van der Waals surface area contributed by atoms with Crippen molar-refractivity contribution < 1.29 is 19.1 Å². The quantitative estimate of drug-likeness (QED) is 0.859. The lowest BCUT2D eigenvalue weighted by Gasteiger charge is -2.36. The van der Waals surface area contributed by atoms with Crippen molar-refractivity contribution in [3.05, 3.63) is 58.9 Å². The Morgan fingerprint density at radius 3 is 2.31 bits per heavy atom. The molecule has 0 aromatic heterocycles. The molecule has 3 rings (SSSR count). The number of ketones is 1. The van der Waals surface area contributed by atoms with Crippen LogP contribution in [0.3, 0.4) is 0 Å². The van der Waals surface area contributed by atoms with Crippen LogP contribution in [0.1, 0.15) is 33.2 Å². The van der Waals surface area contributed by atoms with Gasteiger partial charge in [-0.3, -0.25) is 9.59 Å². The van der Waals surface area contributed by atoms with Gasteiger partial charge in [-0.25, -0.2) is 4.39 Å². The summed E-state index contributed by atoms with van der Waals surface area (Å²) < 4.78 is 14.3. The first-order valence-corrected chi connectivity index (χ1v) is 8.51. The van der Waals surface area contributed by atoms with Crippen LogP contribution in [0.2, 0.25) is 0 Å². The highest BCUT2D eigenvalue weighted by Crippen LogP contribution is 2.24. The fourth-order valence-corrected chi connectivity index (χ4v) is 3.13. The minimum absolute atomic E-state index is 0.0247. The first-order chi connectivity index (χ1) is 12.4. The lowest BCUT2D eigenvalue weighted by Crippen LogP contribution is -2.49. The number of aromatic hydroxyl groups is 1. The molecule has 0 aliphatic carbocycles. The van der Waals surface area contributed by atoms with E-state index in [4.69, 9.17) is 0 Å². The number of aryl methyl sites for hydroxylation is 1. The molecule has 1 N–H and O–H groups in total. The number of hydrogen-bond donors (Lipinski definition) is 1. The molecule has 1 heterocycles. The molecule has 0 saturated carbocycles. The summed E-state index contributed by atoms with van der Waals surface area (Å²) in [5.74, 6) is -0.865. The van der Waals surface area contributed by atoms with E-state index in [1.54, 1.807) is 35.2 Å². The van der Waals surface area contributed by atoms with Gasteiger partial charge >= 0.3 is 0 Å². The first kappa shape index (κ1) is 17.9. The van der Waals surface area contributed by atoms with Crippen LogP contribution in [0, 0.1) is 12.7 Å². The fourth-order valence-electron chi connectivity index (χ4n) is 3.13. The maximum atomic E-state index is 14.3. The summed E-state index contributed by atoms with van der Waals surface area (Å²) in [4.78, 5) is 27.5. The molecule has 5 nitrogen and oxygen atoms in total. The van der Waals surface area contributed by atoms with Crippen LogP contribution in [0.5, 0.6) is 5.75 Å². The Morgan fingerprint density at radius 1 is 1.04 bits per heavy atom. The summed E-state index contributed by atoms with van der Waals surface area (Å²) >= 11 is 0. The van der Waals surface area contributed by atoms with E-state index in [0.717, 1.165) is 5.56 Å². The van der Waals surface area contributed by atoms with E-state index in [9.17, 15) is 19.1 Å². The van der Waals surface area contributed by atoms with Crippen molar-refractivity contribution in [2.75, 3.05) is 31.1 Å². The first-order valence-electron chi connectivity index (χ1n) is 8.51. The van der Waals surface area contributed by atoms with Crippen LogP contribution < -0.4 is 4.90 Å². The van der Waals surface area contributed by atoms with Crippen molar-refractivity contribution in [1.29, 1.82) is 0 Å². The predicted molar refractivity (Wildman–Crippen MR) is 97.4 cm³/mol. The number of phenols is 1. The molecule has 6 heteroatoms. The minimum Gasteiger partial charge on any atom is -0.507 e. The second kappa shape index (κ2) is 7.15. The molecule has 1 fully saturated rings. The number of benzene rings is 2. The van der Waals surface area contributed by atoms with E-state index >= 15 is 0 Å². The molecule has 0 bridgehead atoms. The second-order valence-electron chi connectivity index (χ2n) is 6.52. The summed E-state index contributed by atoms with van der Waals surface area (Å²) in [5.41, 5.74) is 1.93. The third-order valence-electron chi connectivity index (χ3n) is 4.65. The van der Waals surface area contributed by atoms with Crippen LogP contribution >= 0.6 is 0 Å². The lowest BCUT2D eigenvalue weighted by molar-refractivity contribution is 0.0743. The number of carbonyl (C=O) groups excluding carboxylic acids is 2. The maximum Gasteiger partial charge on any atom is 0.257 e. The Kier molecular flexibility index (Phi) is 4.93. The summed E-state index contributed by atoms with van der Waals surface area (Å²) in [6.07, 6.45) is 0. The monoisotopic (exact) mass is 356 g/mol. The van der Waals surface area contributed by atoms with Crippen molar-refractivity contribution >= 4 is 17.4 Å². The Bertz CT molecular complexity index is 858. The number of amides is 1. The van der Waals surface area contributed by atoms with Gasteiger partial charge in [0.1, 0.15) is 11.6 Å². The number of anilines is 1. The van der Waals surface area contributed by atoms with Crippen molar-refractivity contribution in [3.8, 4) is 5.75 Å². The molecule has 1 aliphatic rings. The van der Waals surface area contributed by atoms with Gasteiger partial charge in [-0.15, -0.1) is 0 Å². The minimum atomic E-state index is -0.436. The van der Waals surface area contributed by atoms with E-state index in [2.05, 4.69) is 0 Å². The molecule has 0 atom stereocenters. The Balaban J connectivity index is 1.69. The van der Waals surface area contributed by atoms with Gasteiger partial charge in [-0.2, -0.15) is 0 Å². The molecule has 1 amide bonds.